The Bertz CT molecular complexity index is 478. The van der Waals surface area contributed by atoms with Crippen LogP contribution in [0.4, 0.5) is 0 Å². The third-order valence-electron chi connectivity index (χ3n) is 4.92. The van der Waals surface area contributed by atoms with Gasteiger partial charge in [-0.3, -0.25) is 4.79 Å². The van der Waals surface area contributed by atoms with Crippen LogP contribution in [0.1, 0.15) is 41.5 Å². The number of rotatable bonds is 14. The molecule has 1 heterocycles. The number of carbonyl (C=O) groups excluding carboxylic acids is 2. The van der Waals surface area contributed by atoms with Crippen molar-refractivity contribution in [2.45, 2.75) is 95.5 Å². The van der Waals surface area contributed by atoms with Crippen LogP contribution >= 0.6 is 0 Å². The van der Waals surface area contributed by atoms with Crippen LogP contribution in [0.15, 0.2) is 0 Å². The molecule has 15 heteroatoms. The zero-order chi connectivity index (χ0) is 27.4. The number of aliphatic hydroxyl groups excluding tert-OH is 5. The minimum atomic E-state index is -1.20. The molecule has 5 N–H and O–H groups in total. The first-order valence-electron chi connectivity index (χ1n) is 11.4. The molecule has 1 fully saturated rings. The molecule has 0 aromatic rings. The topological polar surface area (TPSA) is 191 Å². The number of methoxy groups -OCH3 is 3. The normalized spacial score (nSPS) is 25.8. The molecule has 1 aliphatic heterocycles. The SMILES string of the molecule is CCC(C=O)OC(C=O)OC.CCC(CO)OC(CO)OC.CCC1OC(OC)C(O)C(O)C1O.[B].[H-].[Na+]. The summed E-state index contributed by atoms with van der Waals surface area (Å²) in [6.07, 6.45) is -4.17. The van der Waals surface area contributed by atoms with Crippen LogP contribution in [0.5, 0.6) is 0 Å². The average Bonchev–Trinajstić information content (AvgIpc) is 2.90. The second kappa shape index (κ2) is 27.5. The summed E-state index contributed by atoms with van der Waals surface area (Å²) in [6, 6.07) is 0. The van der Waals surface area contributed by atoms with Crippen LogP contribution in [0.25, 0.3) is 0 Å². The molecule has 215 valence electrons. The summed E-state index contributed by atoms with van der Waals surface area (Å²) in [5.41, 5.74) is 0. The third-order valence-corrected chi connectivity index (χ3v) is 4.92. The monoisotopic (exact) mass is 551 g/mol. The van der Waals surface area contributed by atoms with Gasteiger partial charge in [0.25, 0.3) is 0 Å². The van der Waals surface area contributed by atoms with Crippen molar-refractivity contribution in [3.63, 3.8) is 0 Å². The minimum Gasteiger partial charge on any atom is -1.00 e. The fourth-order valence-corrected chi connectivity index (χ4v) is 2.65. The maximum atomic E-state index is 10.2. The number of hydrogen-bond acceptors (Lipinski definition) is 13. The Morgan fingerprint density at radius 2 is 1.46 bits per heavy atom. The number of carbonyl (C=O) groups is 2. The fraction of sp³-hybridized carbons (Fsp3) is 0.909. The predicted octanol–water partition coefficient (Wildman–Crippen LogP) is -4.52. The van der Waals surface area contributed by atoms with Gasteiger partial charge >= 0.3 is 29.6 Å². The van der Waals surface area contributed by atoms with Crippen molar-refractivity contribution in [1.29, 1.82) is 0 Å². The van der Waals surface area contributed by atoms with Crippen molar-refractivity contribution in [2.75, 3.05) is 34.5 Å². The molecular weight excluding hydrogens is 506 g/mol. The van der Waals surface area contributed by atoms with Crippen LogP contribution in [0.3, 0.4) is 0 Å². The Hall–Kier alpha value is -0.0351. The molecule has 13 nitrogen and oxygen atoms in total. The predicted molar refractivity (Wildman–Crippen MR) is 129 cm³/mol. The molecule has 0 spiro atoms. The number of aliphatic hydroxyl groups is 5. The summed E-state index contributed by atoms with van der Waals surface area (Å²) in [5, 5.41) is 45.5. The molecule has 0 bridgehead atoms. The van der Waals surface area contributed by atoms with Crippen molar-refractivity contribution in [1.82, 2.24) is 0 Å². The molecule has 9 atom stereocenters. The van der Waals surface area contributed by atoms with Crippen LogP contribution in [0, 0.1) is 0 Å². The van der Waals surface area contributed by atoms with Gasteiger partial charge < -0.3 is 60.2 Å². The third kappa shape index (κ3) is 18.0. The minimum absolute atomic E-state index is 0. The largest absolute Gasteiger partial charge is 1.00 e. The molecule has 0 aromatic carbocycles. The number of hydrogen-bond donors (Lipinski definition) is 5. The number of ether oxygens (including phenoxy) is 6. The van der Waals surface area contributed by atoms with E-state index in [0.717, 1.165) is 0 Å². The number of aldehydes is 2. The van der Waals surface area contributed by atoms with Gasteiger partial charge in [0, 0.05) is 29.7 Å². The summed E-state index contributed by atoms with van der Waals surface area (Å²) in [7, 11) is 4.17. The first kappa shape index (κ1) is 44.0. The van der Waals surface area contributed by atoms with Crippen LogP contribution in [0.2, 0.25) is 0 Å². The maximum absolute atomic E-state index is 10.2. The summed E-state index contributed by atoms with van der Waals surface area (Å²) in [5.74, 6) is 0. The maximum Gasteiger partial charge on any atom is 1.00 e. The molecule has 0 aromatic heterocycles. The van der Waals surface area contributed by atoms with Gasteiger partial charge in [0.1, 0.15) is 30.7 Å². The van der Waals surface area contributed by atoms with Crippen molar-refractivity contribution in [2.24, 2.45) is 0 Å². The Balaban J connectivity index is -0.000000139. The Labute approximate surface area is 245 Å². The van der Waals surface area contributed by atoms with Crippen LogP contribution in [-0.2, 0) is 38.0 Å². The average molecular weight is 551 g/mol. The molecule has 0 amide bonds. The van der Waals surface area contributed by atoms with E-state index in [1.54, 1.807) is 6.92 Å². The van der Waals surface area contributed by atoms with Gasteiger partial charge in [0.15, 0.2) is 18.9 Å². The van der Waals surface area contributed by atoms with Gasteiger partial charge in [0.05, 0.1) is 25.4 Å². The van der Waals surface area contributed by atoms with E-state index < -0.39 is 49.4 Å². The van der Waals surface area contributed by atoms with E-state index in [9.17, 15) is 24.9 Å². The van der Waals surface area contributed by atoms with Crippen LogP contribution in [-0.4, -0.2) is 137 Å². The first-order valence-corrected chi connectivity index (χ1v) is 11.4. The van der Waals surface area contributed by atoms with Crippen molar-refractivity contribution in [3.05, 3.63) is 0 Å². The van der Waals surface area contributed by atoms with Crippen LogP contribution < -0.4 is 29.6 Å². The second-order valence-electron chi connectivity index (χ2n) is 7.31. The standard InChI is InChI=1S/C8H16O5.C7H16O4.C7H12O4.B.Na.H/c1-3-4-5(9)6(10)7(11)8(12-2)13-4;2*1-3-6(4-8)11-7(5-9)10-2;;;/h4-11H,3H2,1-2H3;6-9H,3-5H2,1-2H3;4-7H,3H2,1-2H3;;;/q;;;;+1;-1. The zero-order valence-corrected chi connectivity index (χ0v) is 25.0. The fourth-order valence-electron chi connectivity index (χ4n) is 2.65. The molecule has 37 heavy (non-hydrogen) atoms. The van der Waals surface area contributed by atoms with Crippen molar-refractivity contribution in [3.8, 4) is 0 Å². The van der Waals surface area contributed by atoms with Gasteiger partial charge in [-0.05, 0) is 19.3 Å². The quantitative estimate of drug-likeness (QED) is 0.0789. The molecule has 0 saturated carbocycles. The van der Waals surface area contributed by atoms with E-state index in [1.807, 2.05) is 13.8 Å². The molecule has 1 rings (SSSR count). The summed E-state index contributed by atoms with van der Waals surface area (Å²) < 4.78 is 29.4. The van der Waals surface area contributed by atoms with Crippen molar-refractivity contribution < 1.29 is 94.5 Å². The van der Waals surface area contributed by atoms with Crippen molar-refractivity contribution >= 4 is 21.0 Å². The second-order valence-corrected chi connectivity index (χ2v) is 7.31. The molecule has 1 aliphatic rings. The molecule has 0 aliphatic carbocycles. The Morgan fingerprint density at radius 3 is 1.78 bits per heavy atom. The summed E-state index contributed by atoms with van der Waals surface area (Å²) in [6.45, 7) is 5.27. The zero-order valence-electron chi connectivity index (χ0n) is 24.0. The van der Waals surface area contributed by atoms with E-state index in [4.69, 9.17) is 33.9 Å². The Morgan fingerprint density at radius 1 is 0.865 bits per heavy atom. The van der Waals surface area contributed by atoms with E-state index >= 15 is 0 Å². The van der Waals surface area contributed by atoms with Gasteiger partial charge in [-0.1, -0.05) is 20.8 Å². The van der Waals surface area contributed by atoms with E-state index in [0.29, 0.717) is 31.8 Å². The summed E-state index contributed by atoms with van der Waals surface area (Å²) >= 11 is 0. The first-order chi connectivity index (χ1) is 16.7. The molecular formula is C22H45BNaO13. The van der Waals surface area contributed by atoms with E-state index in [2.05, 4.69) is 4.74 Å². The smallest absolute Gasteiger partial charge is 1.00 e. The molecule has 3 radical (unpaired) electrons. The van der Waals surface area contributed by atoms with E-state index in [1.165, 1.54) is 21.3 Å². The Kier molecular flexibility index (Phi) is 32.7. The van der Waals surface area contributed by atoms with Gasteiger partial charge in [0.2, 0.25) is 6.29 Å². The van der Waals surface area contributed by atoms with Gasteiger partial charge in [-0.15, -0.1) is 0 Å². The van der Waals surface area contributed by atoms with E-state index in [-0.39, 0.29) is 58.7 Å². The summed E-state index contributed by atoms with van der Waals surface area (Å²) in [4.78, 5) is 20.3. The van der Waals surface area contributed by atoms with Gasteiger partial charge in [-0.2, -0.15) is 0 Å². The van der Waals surface area contributed by atoms with Gasteiger partial charge in [-0.25, -0.2) is 0 Å². The molecule has 1 saturated heterocycles. The molecule has 9 unspecified atom stereocenters.